The van der Waals surface area contributed by atoms with Crippen LogP contribution in [0.25, 0.3) is 0 Å². The van der Waals surface area contributed by atoms with Gasteiger partial charge in [0.15, 0.2) is 0 Å². The van der Waals surface area contributed by atoms with E-state index in [1.165, 1.54) is 0 Å². The lowest BCUT2D eigenvalue weighted by Gasteiger charge is -2.33. The highest BCUT2D eigenvalue weighted by atomic mass is 16.3. The quantitative estimate of drug-likeness (QED) is 0.729. The van der Waals surface area contributed by atoms with Crippen molar-refractivity contribution in [3.8, 4) is 0 Å². The SMILES string of the molecule is CC.CC(=O)CN1CCN(CCO)CC1. The Morgan fingerprint density at radius 2 is 1.60 bits per heavy atom. The molecule has 0 spiro atoms. The number of carbonyl (C=O) groups is 1. The molecule has 1 heterocycles. The van der Waals surface area contributed by atoms with E-state index in [1.54, 1.807) is 6.92 Å². The first-order chi connectivity index (χ1) is 7.22. The number of hydrogen-bond acceptors (Lipinski definition) is 4. The molecule has 0 aromatic heterocycles. The molecule has 1 rings (SSSR count). The van der Waals surface area contributed by atoms with Gasteiger partial charge in [-0.1, -0.05) is 13.8 Å². The van der Waals surface area contributed by atoms with Gasteiger partial charge in [-0.05, 0) is 6.92 Å². The van der Waals surface area contributed by atoms with Crippen LogP contribution in [0.15, 0.2) is 0 Å². The third-order valence-electron chi connectivity index (χ3n) is 2.33. The molecule has 0 saturated carbocycles. The molecular formula is C11H24N2O2. The van der Waals surface area contributed by atoms with E-state index >= 15 is 0 Å². The molecule has 1 aliphatic heterocycles. The molecule has 1 N–H and O–H groups in total. The Morgan fingerprint density at radius 1 is 1.13 bits per heavy atom. The molecule has 0 unspecified atom stereocenters. The number of piperazine rings is 1. The van der Waals surface area contributed by atoms with Crippen molar-refractivity contribution in [1.82, 2.24) is 9.80 Å². The Bertz CT molecular complexity index is 166. The minimum Gasteiger partial charge on any atom is -0.395 e. The molecule has 1 saturated heterocycles. The van der Waals surface area contributed by atoms with Crippen molar-refractivity contribution in [2.75, 3.05) is 45.9 Å². The summed E-state index contributed by atoms with van der Waals surface area (Å²) in [6.07, 6.45) is 0. The van der Waals surface area contributed by atoms with Gasteiger partial charge in [0.25, 0.3) is 0 Å². The van der Waals surface area contributed by atoms with Gasteiger partial charge in [0.05, 0.1) is 13.2 Å². The maximum absolute atomic E-state index is 10.8. The van der Waals surface area contributed by atoms with Crippen LogP contribution in [0, 0.1) is 0 Å². The molecule has 0 aromatic carbocycles. The highest BCUT2D eigenvalue weighted by Crippen LogP contribution is 2.00. The fraction of sp³-hybridized carbons (Fsp3) is 0.909. The maximum atomic E-state index is 10.8. The van der Waals surface area contributed by atoms with Gasteiger partial charge in [0, 0.05) is 32.7 Å². The van der Waals surface area contributed by atoms with Gasteiger partial charge < -0.3 is 5.11 Å². The van der Waals surface area contributed by atoms with Crippen LogP contribution in [-0.4, -0.2) is 66.6 Å². The fourth-order valence-electron chi connectivity index (χ4n) is 1.63. The molecule has 4 heteroatoms. The minimum absolute atomic E-state index is 0.229. The van der Waals surface area contributed by atoms with Crippen molar-refractivity contribution in [3.63, 3.8) is 0 Å². The number of nitrogens with zero attached hydrogens (tertiary/aromatic N) is 2. The first-order valence-electron chi connectivity index (χ1n) is 5.77. The summed E-state index contributed by atoms with van der Waals surface area (Å²) in [7, 11) is 0. The summed E-state index contributed by atoms with van der Waals surface area (Å²) < 4.78 is 0. The summed E-state index contributed by atoms with van der Waals surface area (Å²) in [6.45, 7) is 11.0. The number of aliphatic hydroxyl groups excluding tert-OH is 1. The van der Waals surface area contributed by atoms with Gasteiger partial charge in [0.2, 0.25) is 0 Å². The Morgan fingerprint density at radius 3 is 2.00 bits per heavy atom. The second kappa shape index (κ2) is 8.83. The maximum Gasteiger partial charge on any atom is 0.143 e. The molecule has 1 aliphatic rings. The van der Waals surface area contributed by atoms with E-state index < -0.39 is 0 Å². The molecule has 0 aromatic rings. The zero-order valence-electron chi connectivity index (χ0n) is 10.2. The highest BCUT2D eigenvalue weighted by Gasteiger charge is 2.16. The number of Topliss-reactive ketones (excluding diaryl/α,β-unsaturated/α-hetero) is 1. The number of carbonyl (C=O) groups excluding carboxylic acids is 1. The van der Waals surface area contributed by atoms with E-state index in [9.17, 15) is 4.79 Å². The summed E-state index contributed by atoms with van der Waals surface area (Å²) >= 11 is 0. The zero-order chi connectivity index (χ0) is 11.7. The van der Waals surface area contributed by atoms with E-state index in [1.807, 2.05) is 13.8 Å². The van der Waals surface area contributed by atoms with Gasteiger partial charge in [-0.3, -0.25) is 14.6 Å². The van der Waals surface area contributed by atoms with Crippen molar-refractivity contribution in [1.29, 1.82) is 0 Å². The van der Waals surface area contributed by atoms with Crippen molar-refractivity contribution < 1.29 is 9.90 Å². The molecule has 0 bridgehead atoms. The van der Waals surface area contributed by atoms with E-state index in [0.29, 0.717) is 6.54 Å². The number of β-amino-alcohol motifs (C(OH)–C–C–N with tert-alkyl or cyclic N) is 1. The lowest BCUT2D eigenvalue weighted by Crippen LogP contribution is -2.48. The summed E-state index contributed by atoms with van der Waals surface area (Å²) in [5.41, 5.74) is 0. The van der Waals surface area contributed by atoms with Crippen molar-refractivity contribution in [2.45, 2.75) is 20.8 Å². The van der Waals surface area contributed by atoms with Crippen LogP contribution in [-0.2, 0) is 4.79 Å². The Balaban J connectivity index is 0.000000921. The Labute approximate surface area is 92.9 Å². The highest BCUT2D eigenvalue weighted by molar-refractivity contribution is 5.77. The minimum atomic E-state index is 0.229. The number of ketones is 1. The van der Waals surface area contributed by atoms with Crippen LogP contribution in [0.1, 0.15) is 20.8 Å². The van der Waals surface area contributed by atoms with E-state index in [2.05, 4.69) is 9.80 Å². The van der Waals surface area contributed by atoms with Gasteiger partial charge >= 0.3 is 0 Å². The average molecular weight is 216 g/mol. The molecule has 0 aliphatic carbocycles. The van der Waals surface area contributed by atoms with Gasteiger partial charge in [-0.25, -0.2) is 0 Å². The van der Waals surface area contributed by atoms with Crippen molar-refractivity contribution >= 4 is 5.78 Å². The normalized spacial score (nSPS) is 18.1. The Kier molecular flexibility index (Phi) is 8.56. The molecule has 0 amide bonds. The monoisotopic (exact) mass is 216 g/mol. The van der Waals surface area contributed by atoms with E-state index in [-0.39, 0.29) is 12.4 Å². The summed E-state index contributed by atoms with van der Waals surface area (Å²) in [5.74, 6) is 0.232. The number of aliphatic hydroxyl groups is 1. The molecule has 1 fully saturated rings. The second-order valence-corrected chi connectivity index (χ2v) is 3.54. The third-order valence-corrected chi connectivity index (χ3v) is 2.33. The van der Waals surface area contributed by atoms with Gasteiger partial charge in [0.1, 0.15) is 5.78 Å². The second-order valence-electron chi connectivity index (χ2n) is 3.54. The van der Waals surface area contributed by atoms with Gasteiger partial charge in [-0.15, -0.1) is 0 Å². The van der Waals surface area contributed by atoms with E-state index in [4.69, 9.17) is 5.11 Å². The number of rotatable bonds is 4. The summed E-state index contributed by atoms with van der Waals surface area (Å²) in [5, 5.41) is 8.72. The van der Waals surface area contributed by atoms with Crippen LogP contribution in [0.5, 0.6) is 0 Å². The summed E-state index contributed by atoms with van der Waals surface area (Å²) in [6, 6.07) is 0. The van der Waals surface area contributed by atoms with Crippen LogP contribution < -0.4 is 0 Å². The first kappa shape index (κ1) is 14.6. The lowest BCUT2D eigenvalue weighted by atomic mass is 10.3. The first-order valence-corrected chi connectivity index (χ1v) is 5.77. The molecule has 90 valence electrons. The summed E-state index contributed by atoms with van der Waals surface area (Å²) in [4.78, 5) is 15.2. The largest absolute Gasteiger partial charge is 0.395 e. The topological polar surface area (TPSA) is 43.8 Å². The predicted molar refractivity (Wildman–Crippen MR) is 62.0 cm³/mol. The predicted octanol–water partition coefficient (Wildman–Crippen LogP) is 0.212. The van der Waals surface area contributed by atoms with Crippen LogP contribution in [0.3, 0.4) is 0 Å². The zero-order valence-corrected chi connectivity index (χ0v) is 10.2. The van der Waals surface area contributed by atoms with Crippen LogP contribution in [0.4, 0.5) is 0 Å². The lowest BCUT2D eigenvalue weighted by molar-refractivity contribution is -0.118. The van der Waals surface area contributed by atoms with Gasteiger partial charge in [-0.2, -0.15) is 0 Å². The van der Waals surface area contributed by atoms with Crippen molar-refractivity contribution in [3.05, 3.63) is 0 Å². The molecule has 0 atom stereocenters. The van der Waals surface area contributed by atoms with Crippen LogP contribution in [0.2, 0.25) is 0 Å². The Hall–Kier alpha value is -0.450. The molecule has 4 nitrogen and oxygen atoms in total. The van der Waals surface area contributed by atoms with Crippen molar-refractivity contribution in [2.24, 2.45) is 0 Å². The van der Waals surface area contributed by atoms with E-state index in [0.717, 1.165) is 32.7 Å². The third kappa shape index (κ3) is 6.60. The molecule has 0 radical (unpaired) electrons. The smallest absolute Gasteiger partial charge is 0.143 e. The average Bonchev–Trinajstić information content (AvgIpc) is 2.24. The van der Waals surface area contributed by atoms with Crippen LogP contribution >= 0.6 is 0 Å². The fourth-order valence-corrected chi connectivity index (χ4v) is 1.63. The molecular weight excluding hydrogens is 192 g/mol. The number of hydrogen-bond donors (Lipinski definition) is 1. The molecule has 15 heavy (non-hydrogen) atoms. The standard InChI is InChI=1S/C9H18N2O2.C2H6/c1-9(13)8-11-4-2-10(3-5-11)6-7-12;1-2/h12H,2-8H2,1H3;1-2H3.